The van der Waals surface area contributed by atoms with Crippen LogP contribution in [0.4, 0.5) is 0 Å². The summed E-state index contributed by atoms with van der Waals surface area (Å²) in [5.41, 5.74) is 0.360. The van der Waals surface area contributed by atoms with E-state index in [9.17, 15) is 14.4 Å². The average Bonchev–Trinajstić information content (AvgIpc) is 2.94. The number of hydrogen-bond donors (Lipinski definition) is 0. The Morgan fingerprint density at radius 3 is 2.50 bits per heavy atom. The predicted octanol–water partition coefficient (Wildman–Crippen LogP) is 0.348. The maximum Gasteiger partial charge on any atom is 0.333 e. The lowest BCUT2D eigenvalue weighted by Crippen LogP contribution is -2.42. The zero-order valence-electron chi connectivity index (χ0n) is 13.5. The van der Waals surface area contributed by atoms with E-state index in [0.717, 1.165) is 10.1 Å². The van der Waals surface area contributed by atoms with Crippen molar-refractivity contribution < 1.29 is 9.53 Å². The van der Waals surface area contributed by atoms with Gasteiger partial charge in [-0.3, -0.25) is 9.36 Å². The fraction of sp³-hybridized carbons (Fsp3) is 0.250. The fourth-order valence-electron chi connectivity index (χ4n) is 2.43. The molecule has 2 aromatic heterocycles. The lowest BCUT2D eigenvalue weighted by atomic mass is 10.2. The molecular weight excluding hydrogens is 312 g/mol. The van der Waals surface area contributed by atoms with Gasteiger partial charge >= 0.3 is 11.7 Å². The zero-order valence-corrected chi connectivity index (χ0v) is 13.5. The van der Waals surface area contributed by atoms with Gasteiger partial charge in [0.15, 0.2) is 11.2 Å². The number of carbonyl (C=O) groups excluding carboxylic acids is 1. The van der Waals surface area contributed by atoms with E-state index in [0.29, 0.717) is 5.75 Å². The summed E-state index contributed by atoms with van der Waals surface area (Å²) in [6.07, 6.45) is 1.44. The van der Waals surface area contributed by atoms with Crippen molar-refractivity contribution in [3.05, 3.63) is 57.0 Å². The number of esters is 1. The maximum atomic E-state index is 12.5. The van der Waals surface area contributed by atoms with Gasteiger partial charge in [-0.25, -0.2) is 19.1 Å². The van der Waals surface area contributed by atoms with Crippen LogP contribution in [0.2, 0.25) is 0 Å². The van der Waals surface area contributed by atoms with Gasteiger partial charge in [0, 0.05) is 14.1 Å². The standard InChI is InChI=1S/C16H16N4O4/c1-10-4-6-11(7-5-10)24-12(21)8-20-15(22)13-14(17-9-18(13)2)19(3)16(20)23/h4-7,9H,8H2,1-3H3. The Labute approximate surface area is 136 Å². The highest BCUT2D eigenvalue weighted by Gasteiger charge is 2.17. The number of fused-ring (bicyclic) bond motifs is 1. The molecule has 0 saturated carbocycles. The Balaban J connectivity index is 1.96. The SMILES string of the molecule is Cc1ccc(OC(=O)Cn2c(=O)c3c(ncn3C)n(C)c2=O)cc1. The fourth-order valence-corrected chi connectivity index (χ4v) is 2.43. The number of ether oxygens (including phenoxy) is 1. The molecule has 1 aromatic carbocycles. The number of rotatable bonds is 3. The van der Waals surface area contributed by atoms with Crippen molar-refractivity contribution in [3.8, 4) is 5.75 Å². The van der Waals surface area contributed by atoms with E-state index in [2.05, 4.69) is 4.98 Å². The average molecular weight is 328 g/mol. The third-order valence-corrected chi connectivity index (χ3v) is 3.74. The van der Waals surface area contributed by atoms with Crippen molar-refractivity contribution in [2.24, 2.45) is 14.1 Å². The number of hydrogen-bond acceptors (Lipinski definition) is 5. The summed E-state index contributed by atoms with van der Waals surface area (Å²) in [4.78, 5) is 40.9. The van der Waals surface area contributed by atoms with Gasteiger partial charge in [0.1, 0.15) is 12.3 Å². The topological polar surface area (TPSA) is 88.1 Å². The second-order valence-electron chi connectivity index (χ2n) is 5.55. The largest absolute Gasteiger partial charge is 0.425 e. The number of aromatic nitrogens is 4. The number of benzene rings is 1. The molecule has 0 atom stereocenters. The molecule has 0 saturated heterocycles. The van der Waals surface area contributed by atoms with Crippen molar-refractivity contribution in [1.29, 1.82) is 0 Å². The molecule has 0 radical (unpaired) electrons. The van der Waals surface area contributed by atoms with Gasteiger partial charge in [-0.15, -0.1) is 0 Å². The molecule has 3 aromatic rings. The Kier molecular flexibility index (Phi) is 3.80. The molecule has 24 heavy (non-hydrogen) atoms. The van der Waals surface area contributed by atoms with Crippen molar-refractivity contribution in [2.75, 3.05) is 0 Å². The molecule has 0 aliphatic heterocycles. The number of imidazole rings is 1. The van der Waals surface area contributed by atoms with Crippen LogP contribution in [-0.2, 0) is 25.4 Å². The van der Waals surface area contributed by atoms with E-state index in [1.165, 1.54) is 22.5 Å². The highest BCUT2D eigenvalue weighted by atomic mass is 16.5. The molecule has 8 heteroatoms. The summed E-state index contributed by atoms with van der Waals surface area (Å²) >= 11 is 0. The molecule has 8 nitrogen and oxygen atoms in total. The molecule has 0 unspecified atom stereocenters. The summed E-state index contributed by atoms with van der Waals surface area (Å²) in [6, 6.07) is 6.90. The van der Waals surface area contributed by atoms with E-state index in [-0.39, 0.29) is 11.2 Å². The van der Waals surface area contributed by atoms with E-state index >= 15 is 0 Å². The van der Waals surface area contributed by atoms with Crippen LogP contribution in [0.5, 0.6) is 5.75 Å². The molecule has 0 aliphatic rings. The Morgan fingerprint density at radius 1 is 1.17 bits per heavy atom. The zero-order chi connectivity index (χ0) is 17.4. The second kappa shape index (κ2) is 5.80. The first-order valence-corrected chi connectivity index (χ1v) is 7.26. The first-order chi connectivity index (χ1) is 11.4. The van der Waals surface area contributed by atoms with Gasteiger partial charge in [-0.2, -0.15) is 0 Å². The van der Waals surface area contributed by atoms with E-state index < -0.39 is 23.8 Å². The predicted molar refractivity (Wildman–Crippen MR) is 87.0 cm³/mol. The summed E-state index contributed by atoms with van der Waals surface area (Å²) in [7, 11) is 3.15. The summed E-state index contributed by atoms with van der Waals surface area (Å²) in [5, 5.41) is 0. The smallest absolute Gasteiger partial charge is 0.333 e. The molecule has 0 N–H and O–H groups in total. The molecule has 0 amide bonds. The van der Waals surface area contributed by atoms with E-state index in [1.54, 1.807) is 31.3 Å². The van der Waals surface area contributed by atoms with Crippen molar-refractivity contribution >= 4 is 17.1 Å². The van der Waals surface area contributed by atoms with Crippen molar-refractivity contribution in [3.63, 3.8) is 0 Å². The Hall–Kier alpha value is -3.16. The molecule has 0 spiro atoms. The van der Waals surface area contributed by atoms with Gasteiger partial charge in [-0.05, 0) is 19.1 Å². The molecule has 0 fully saturated rings. The lowest BCUT2D eigenvalue weighted by Gasteiger charge is -2.09. The normalized spacial score (nSPS) is 11.0. The van der Waals surface area contributed by atoms with Gasteiger partial charge in [0.2, 0.25) is 0 Å². The first kappa shape index (κ1) is 15.7. The molecule has 0 aliphatic carbocycles. The number of carbonyl (C=O) groups is 1. The maximum absolute atomic E-state index is 12.5. The van der Waals surface area contributed by atoms with Crippen LogP contribution in [0.1, 0.15) is 5.56 Å². The van der Waals surface area contributed by atoms with Crippen LogP contribution in [-0.4, -0.2) is 24.7 Å². The lowest BCUT2D eigenvalue weighted by molar-refractivity contribution is -0.135. The minimum Gasteiger partial charge on any atom is -0.425 e. The van der Waals surface area contributed by atoms with Crippen LogP contribution in [0, 0.1) is 6.92 Å². The van der Waals surface area contributed by atoms with Gasteiger partial charge in [-0.1, -0.05) is 17.7 Å². The highest BCUT2D eigenvalue weighted by Crippen LogP contribution is 2.11. The Bertz CT molecular complexity index is 1040. The minimum absolute atomic E-state index is 0.250. The Morgan fingerprint density at radius 2 is 1.83 bits per heavy atom. The van der Waals surface area contributed by atoms with Gasteiger partial charge in [0.25, 0.3) is 5.56 Å². The van der Waals surface area contributed by atoms with Crippen LogP contribution in [0.3, 0.4) is 0 Å². The summed E-state index contributed by atoms with van der Waals surface area (Å²) in [6.45, 7) is 1.44. The third kappa shape index (κ3) is 2.62. The molecular formula is C16H16N4O4. The number of aryl methyl sites for hydroxylation is 3. The summed E-state index contributed by atoms with van der Waals surface area (Å²) < 4.78 is 8.77. The monoisotopic (exact) mass is 328 g/mol. The second-order valence-corrected chi connectivity index (χ2v) is 5.55. The molecule has 3 rings (SSSR count). The van der Waals surface area contributed by atoms with Crippen LogP contribution in [0.15, 0.2) is 40.2 Å². The van der Waals surface area contributed by atoms with Crippen LogP contribution in [0.25, 0.3) is 11.2 Å². The van der Waals surface area contributed by atoms with Crippen LogP contribution >= 0.6 is 0 Å². The minimum atomic E-state index is -0.695. The van der Waals surface area contributed by atoms with E-state index in [1.807, 2.05) is 6.92 Å². The number of nitrogens with zero attached hydrogens (tertiary/aromatic N) is 4. The first-order valence-electron chi connectivity index (χ1n) is 7.26. The highest BCUT2D eigenvalue weighted by molar-refractivity contribution is 5.73. The molecule has 0 bridgehead atoms. The van der Waals surface area contributed by atoms with Crippen molar-refractivity contribution in [2.45, 2.75) is 13.5 Å². The van der Waals surface area contributed by atoms with Crippen LogP contribution < -0.4 is 16.0 Å². The summed E-state index contributed by atoms with van der Waals surface area (Å²) in [5.74, 6) is -0.336. The van der Waals surface area contributed by atoms with Gasteiger partial charge in [0.05, 0.1) is 6.33 Å². The molecule has 2 heterocycles. The van der Waals surface area contributed by atoms with Gasteiger partial charge < -0.3 is 9.30 Å². The quantitative estimate of drug-likeness (QED) is 0.511. The third-order valence-electron chi connectivity index (χ3n) is 3.74. The van der Waals surface area contributed by atoms with Crippen molar-refractivity contribution in [1.82, 2.24) is 18.7 Å². The molecule has 124 valence electrons. The van der Waals surface area contributed by atoms with E-state index in [4.69, 9.17) is 4.74 Å².